The van der Waals surface area contributed by atoms with Crippen LogP contribution in [0.3, 0.4) is 0 Å². The number of nitrogens with one attached hydrogen (secondary N) is 4. The van der Waals surface area contributed by atoms with E-state index < -0.39 is 45.8 Å². The molecule has 6 aromatic carbocycles. The van der Waals surface area contributed by atoms with Gasteiger partial charge in [0.25, 0.3) is 23.6 Å². The number of primary amides is 4. The van der Waals surface area contributed by atoms with Crippen LogP contribution in [0.15, 0.2) is 219 Å². The number of amides is 8. The topological polar surface area (TPSA) is 440 Å². The third kappa shape index (κ3) is 24.8. The molecular formula is C112H119N27O8. The number of carbonyl (C=O) groups excluding carboxylic acids is 8. The number of aromatic nitrogens is 10. The molecule has 0 unspecified atom stereocenters. The van der Waals surface area contributed by atoms with Gasteiger partial charge in [0.05, 0.1) is 11.6 Å². The molecule has 0 atom stereocenters. The van der Waals surface area contributed by atoms with Crippen molar-refractivity contribution in [3.63, 3.8) is 0 Å². The van der Waals surface area contributed by atoms with Crippen LogP contribution in [0.1, 0.15) is 178 Å². The molecule has 10 heterocycles. The fourth-order valence-electron chi connectivity index (χ4n) is 19.9. The Morgan fingerprint density at radius 3 is 0.925 bits per heavy atom. The van der Waals surface area contributed by atoms with E-state index in [1.807, 2.05) is 79.0 Å². The van der Waals surface area contributed by atoms with Gasteiger partial charge in [0, 0.05) is 152 Å². The van der Waals surface area contributed by atoms with Gasteiger partial charge in [-0.1, -0.05) is 146 Å². The molecule has 12 aromatic rings. The van der Waals surface area contributed by atoms with Gasteiger partial charge in [0.2, 0.25) is 49.8 Å². The second-order valence-corrected chi connectivity index (χ2v) is 39.9. The zero-order chi connectivity index (χ0) is 103. The van der Waals surface area contributed by atoms with Crippen LogP contribution in [0.2, 0.25) is 0 Å². The summed E-state index contributed by atoms with van der Waals surface area (Å²) in [5.41, 5.74) is 36.4. The van der Waals surface area contributed by atoms with Crippen molar-refractivity contribution in [1.82, 2.24) is 68.7 Å². The lowest BCUT2D eigenvalue weighted by molar-refractivity contribution is -0.118. The minimum absolute atomic E-state index is 0.0169. The van der Waals surface area contributed by atoms with Gasteiger partial charge in [0.1, 0.15) is 44.4 Å². The van der Waals surface area contributed by atoms with Gasteiger partial charge in [-0.05, 0) is 206 Å². The Kier molecular flexibility index (Phi) is 31.7. The Labute approximate surface area is 853 Å². The summed E-state index contributed by atoms with van der Waals surface area (Å²) in [5, 5.41) is 39.1. The molecule has 8 aliphatic rings. The smallest absolute Gasteiger partial charge is 0.254 e. The number of aryl methyl sites for hydroxylation is 1. The number of nitriles is 1. The van der Waals surface area contributed by atoms with Gasteiger partial charge >= 0.3 is 0 Å². The molecule has 0 spiro atoms. The summed E-state index contributed by atoms with van der Waals surface area (Å²) in [4.78, 5) is 130. The molecule has 8 amide bonds. The summed E-state index contributed by atoms with van der Waals surface area (Å²) in [6, 6.07) is 60.3. The highest BCUT2D eigenvalue weighted by molar-refractivity contribution is 6.05. The van der Waals surface area contributed by atoms with Crippen LogP contribution in [0.5, 0.6) is 0 Å². The van der Waals surface area contributed by atoms with E-state index in [1.165, 1.54) is 33.4 Å². The SMILES string of the molecule is [C-]#[N+]CC1(n2cc(C(N)=O)c(NC(=O)C3CC3)n2)CCN(Cc2ccc(-c3ccccc3)c(C#N)c2)CC1.[C-]#[N+]CC1(n2cc(C(N)=O)c(NC(=O)C3CC3)n2)CCN(Cc2ccc(-c3ccccc3)c(C)c2)CC1.[C-]#[N+]CC1(n2cc(C(N)=O)c(NC(=O)C3CC3)n2)CCN(Cc2ccc(-c3cccnc3)cc2)CC1.[C-]#[N+]CC1(n2cc(C(N)=O)c(NC(=O)C3CC3)n2)CCN(Cc2ccc(-c3ccncc3)cc2)CC1. The van der Waals surface area contributed by atoms with Crippen molar-refractivity contribution in [2.24, 2.45) is 46.6 Å². The first-order valence-electron chi connectivity index (χ1n) is 50.0. The Morgan fingerprint density at radius 1 is 0.347 bits per heavy atom. The van der Waals surface area contributed by atoms with Gasteiger partial charge < -0.3 is 63.6 Å². The fourth-order valence-corrected chi connectivity index (χ4v) is 19.9. The van der Waals surface area contributed by atoms with E-state index in [2.05, 4.69) is 201 Å². The standard InChI is InChI=1S/C29H29N7O2.C29H32N6O2.2C27H29N7O2/c1-32-19-29(36-18-25(26(31)37)27(34-36)33-28(38)22-8-9-22)11-13-35(14-12-29)17-20-7-10-24(23(15-20)16-30)21-5-3-2-4-6-21;1-20-16-21(8-11-24(20)22-6-4-3-5-7-22)17-34-14-12-29(13-15-34,19-31-2)35-18-25(26(30)36)27(33-35)32-28(37)23-9-10-23;1-29-18-27(34-17-23(24(28)35)25(32-34)31-26(36)22-6-7-22)10-14-33(15-11-27)16-19-2-4-20(5-3-19)21-8-12-30-13-9-21;1-29-18-27(34-17-23(24(28)35)25(32-34)31-26(36)21-8-9-21)10-13-33(14-11-27)16-19-4-6-20(7-5-19)22-3-2-12-30-15-22/h2-7,10,15,18,22H,8-9,11-14,17,19H2,(H2,31,37)(H,33,34,38);3-8,11,16,18,23H,9-10,12-15,17,19H2,1H3,(H2,30,36)(H,32,33,37);2-5,8-9,12-13,17,22H,6-7,10-11,14-16,18H2,(H2,28,35)(H,31,32,36);2-7,12,15,17,21H,8-11,13-14,16,18H2,(H2,28,35)(H,31,32,36). The van der Waals surface area contributed by atoms with Crippen LogP contribution < -0.4 is 44.2 Å². The quantitative estimate of drug-likeness (QED) is 0.0182. The van der Waals surface area contributed by atoms with Crippen molar-refractivity contribution in [2.75, 3.05) is 99.8 Å². The van der Waals surface area contributed by atoms with Crippen molar-refractivity contribution in [1.29, 1.82) is 5.26 Å². The molecule has 4 aliphatic carbocycles. The summed E-state index contributed by atoms with van der Waals surface area (Å²) in [5.74, 6) is -2.46. The number of carbonyl (C=O) groups is 8. The maximum atomic E-state index is 12.3. The fraction of sp³-hybridized carbons (Fsp3) is 0.366. The average molecular weight is 1970 g/mol. The molecule has 0 radical (unpaired) electrons. The van der Waals surface area contributed by atoms with E-state index in [-0.39, 0.29) is 119 Å². The molecule has 4 saturated carbocycles. The summed E-state index contributed by atoms with van der Waals surface area (Å²) < 4.78 is 6.79. The second-order valence-electron chi connectivity index (χ2n) is 39.9. The highest BCUT2D eigenvalue weighted by atomic mass is 16.2. The molecule has 35 heteroatoms. The number of nitrogens with zero attached hydrogens (tertiary/aromatic N) is 19. The van der Waals surface area contributed by atoms with Crippen molar-refractivity contribution >= 4 is 70.5 Å². The van der Waals surface area contributed by atoms with Crippen LogP contribution in [0.25, 0.3) is 63.9 Å². The van der Waals surface area contributed by atoms with E-state index in [1.54, 1.807) is 62.1 Å². The molecule has 8 fully saturated rings. The highest BCUT2D eigenvalue weighted by Crippen LogP contribution is 2.42. The third-order valence-corrected chi connectivity index (χ3v) is 29.5. The van der Waals surface area contributed by atoms with E-state index in [0.29, 0.717) is 76.6 Å². The number of rotatable bonds is 32. The van der Waals surface area contributed by atoms with E-state index >= 15 is 0 Å². The first-order valence-corrected chi connectivity index (χ1v) is 50.0. The zero-order valence-electron chi connectivity index (χ0n) is 82.3. The highest BCUT2D eigenvalue weighted by Gasteiger charge is 2.48. The summed E-state index contributed by atoms with van der Waals surface area (Å²) in [7, 11) is 0. The monoisotopic (exact) mass is 1970 g/mol. The maximum absolute atomic E-state index is 12.3. The molecule has 35 nitrogen and oxygen atoms in total. The predicted molar refractivity (Wildman–Crippen MR) is 557 cm³/mol. The summed E-state index contributed by atoms with van der Waals surface area (Å²) in [6.07, 6.45) is 25.9. The lowest BCUT2D eigenvalue weighted by Gasteiger charge is -2.38. The van der Waals surface area contributed by atoms with Crippen molar-refractivity contribution in [3.8, 4) is 50.6 Å². The Balaban J connectivity index is 0.000000134. The van der Waals surface area contributed by atoms with E-state index in [4.69, 9.17) is 49.2 Å². The van der Waals surface area contributed by atoms with Gasteiger partial charge in [-0.15, -0.1) is 0 Å². The largest absolute Gasteiger partial charge is 0.365 e. The normalized spacial score (nSPS) is 17.1. The number of pyridine rings is 2. The summed E-state index contributed by atoms with van der Waals surface area (Å²) in [6.45, 7) is 42.7. The lowest BCUT2D eigenvalue weighted by atomic mass is 9.87. The Bertz CT molecular complexity index is 6810. The van der Waals surface area contributed by atoms with Crippen LogP contribution in [0, 0.1) is 68.2 Å². The van der Waals surface area contributed by atoms with Gasteiger partial charge in [-0.3, -0.25) is 86.7 Å². The van der Waals surface area contributed by atoms with Crippen molar-refractivity contribution in [2.45, 2.75) is 158 Å². The molecule has 6 aromatic heterocycles. The molecule has 20 rings (SSSR count). The molecule has 4 aliphatic heterocycles. The molecule has 147 heavy (non-hydrogen) atoms. The van der Waals surface area contributed by atoms with Crippen LogP contribution >= 0.6 is 0 Å². The van der Waals surface area contributed by atoms with Crippen molar-refractivity contribution < 1.29 is 38.4 Å². The first-order chi connectivity index (χ1) is 71.2. The van der Waals surface area contributed by atoms with Gasteiger partial charge in [0.15, 0.2) is 23.3 Å². The molecule has 0 bridgehead atoms. The average Bonchev–Trinajstić information content (AvgIpc) is 1.66. The molecule has 4 saturated heterocycles. The first kappa shape index (κ1) is 102. The predicted octanol–water partition coefficient (Wildman–Crippen LogP) is 14.6. The maximum Gasteiger partial charge on any atom is 0.254 e. The van der Waals surface area contributed by atoms with Crippen molar-refractivity contribution in [3.05, 3.63) is 321 Å². The Hall–Kier alpha value is -16.5. The third-order valence-electron chi connectivity index (χ3n) is 29.5. The lowest BCUT2D eigenvalue weighted by Crippen LogP contribution is -2.48. The van der Waals surface area contributed by atoms with Crippen LogP contribution in [-0.4, -0.2) is 194 Å². The number of hydrogen-bond donors (Lipinski definition) is 8. The molecular weight excluding hydrogens is 1850 g/mol. The number of anilines is 4. The van der Waals surface area contributed by atoms with Gasteiger partial charge in [-0.25, -0.2) is 26.3 Å². The Morgan fingerprint density at radius 2 is 0.633 bits per heavy atom. The van der Waals surface area contributed by atoms with E-state index in [9.17, 15) is 43.6 Å². The zero-order valence-corrected chi connectivity index (χ0v) is 82.3. The minimum Gasteiger partial charge on any atom is -0.365 e. The molecule has 12 N–H and O–H groups in total. The van der Waals surface area contributed by atoms with E-state index in [0.717, 1.165) is 149 Å². The minimum atomic E-state index is -0.662. The number of hydrogen-bond acceptors (Lipinski definition) is 19. The van der Waals surface area contributed by atoms with Crippen LogP contribution in [-0.2, 0) is 67.5 Å². The number of benzene rings is 6. The second kappa shape index (κ2) is 45.6. The number of likely N-dealkylation sites (tertiary alicyclic amines) is 4. The van der Waals surface area contributed by atoms with Crippen LogP contribution in [0.4, 0.5) is 23.3 Å². The number of nitrogens with two attached hydrogens (primary N) is 4. The molecule has 750 valence electrons. The van der Waals surface area contributed by atoms with Gasteiger partial charge in [-0.2, -0.15) is 25.7 Å². The summed E-state index contributed by atoms with van der Waals surface area (Å²) >= 11 is 0. The number of piperidine rings is 4.